The van der Waals surface area contributed by atoms with Crippen molar-refractivity contribution >= 4 is 34.0 Å². The number of nitrogens with one attached hydrogen (secondary N) is 1. The molecule has 0 saturated carbocycles. The van der Waals surface area contributed by atoms with E-state index in [0.29, 0.717) is 46.6 Å². The largest absolute Gasteiger partial charge is 0.497 e. The summed E-state index contributed by atoms with van der Waals surface area (Å²) < 4.78 is 18.4. The molecule has 2 aromatic heterocycles. The van der Waals surface area contributed by atoms with E-state index in [9.17, 15) is 4.79 Å². The molecule has 1 N–H and O–H groups in total. The van der Waals surface area contributed by atoms with Gasteiger partial charge >= 0.3 is 0 Å². The number of halogens is 1. The molecule has 39 heavy (non-hydrogen) atoms. The highest BCUT2D eigenvalue weighted by Gasteiger charge is 2.18. The maximum Gasteiger partial charge on any atom is 0.258 e. The molecule has 4 aromatic rings. The summed E-state index contributed by atoms with van der Waals surface area (Å²) in [7, 11) is 3.09. The predicted octanol–water partition coefficient (Wildman–Crippen LogP) is 6.22. The van der Waals surface area contributed by atoms with Crippen LogP contribution in [0, 0.1) is 0 Å². The molecule has 0 bridgehead atoms. The van der Waals surface area contributed by atoms with Crippen molar-refractivity contribution in [3.63, 3.8) is 0 Å². The SMILES string of the molecule is CCN(CC)CCOc1ccc(Nc2cc3c(cn2)cc(-c2cc(OC)cc(OC)c2Cl)c(=O)n3CC)cc1. The van der Waals surface area contributed by atoms with Crippen molar-refractivity contribution in [2.24, 2.45) is 0 Å². The summed E-state index contributed by atoms with van der Waals surface area (Å²) in [6, 6.07) is 14.9. The van der Waals surface area contributed by atoms with Crippen molar-refractivity contribution in [2.75, 3.05) is 45.8 Å². The number of ether oxygens (including phenoxy) is 3. The highest BCUT2D eigenvalue weighted by molar-refractivity contribution is 6.35. The monoisotopic (exact) mass is 550 g/mol. The quantitative estimate of drug-likeness (QED) is 0.224. The molecule has 0 aliphatic carbocycles. The molecule has 0 saturated heterocycles. The molecule has 0 fully saturated rings. The van der Waals surface area contributed by atoms with E-state index in [1.807, 2.05) is 43.3 Å². The Bertz CT molecular complexity index is 1480. The minimum atomic E-state index is -0.162. The molecular weight excluding hydrogens is 516 g/mol. The molecule has 0 atom stereocenters. The number of anilines is 2. The average molecular weight is 551 g/mol. The summed E-state index contributed by atoms with van der Waals surface area (Å²) >= 11 is 6.61. The Labute approximate surface area is 234 Å². The topological polar surface area (TPSA) is 77.9 Å². The van der Waals surface area contributed by atoms with E-state index in [-0.39, 0.29) is 5.56 Å². The zero-order valence-corrected chi connectivity index (χ0v) is 23.8. The van der Waals surface area contributed by atoms with Gasteiger partial charge < -0.3 is 29.0 Å². The van der Waals surface area contributed by atoms with Crippen molar-refractivity contribution in [1.29, 1.82) is 0 Å². The summed E-state index contributed by atoms with van der Waals surface area (Å²) in [5.41, 5.74) is 2.47. The Morgan fingerprint density at radius 3 is 2.33 bits per heavy atom. The third kappa shape index (κ3) is 6.29. The summed E-state index contributed by atoms with van der Waals surface area (Å²) in [6.07, 6.45) is 1.75. The normalized spacial score (nSPS) is 11.2. The first-order valence-corrected chi connectivity index (χ1v) is 13.5. The van der Waals surface area contributed by atoms with Crippen LogP contribution < -0.4 is 25.1 Å². The van der Waals surface area contributed by atoms with Gasteiger partial charge in [0.15, 0.2) is 0 Å². The lowest BCUT2D eigenvalue weighted by Gasteiger charge is -2.18. The standard InChI is InChI=1S/C30H35ClN4O4/c1-6-34(7-2)13-14-39-22-11-9-21(10-12-22)33-28-18-26-20(19-32-28)15-25(30(36)35(26)8-3)24-16-23(37-4)17-27(38-5)29(24)31/h9-12,15-19H,6-8,13-14H2,1-5H3,(H,32,33). The van der Waals surface area contributed by atoms with Crippen molar-refractivity contribution in [2.45, 2.75) is 27.3 Å². The number of methoxy groups -OCH3 is 2. The molecule has 0 aliphatic rings. The Kier molecular flexibility index (Phi) is 9.32. The van der Waals surface area contributed by atoms with Crippen molar-refractivity contribution < 1.29 is 14.2 Å². The number of rotatable bonds is 12. The summed E-state index contributed by atoms with van der Waals surface area (Å²) in [4.78, 5) is 20.5. The molecule has 0 unspecified atom stereocenters. The number of hydrogen-bond donors (Lipinski definition) is 1. The van der Waals surface area contributed by atoms with E-state index >= 15 is 0 Å². The van der Waals surface area contributed by atoms with Crippen LogP contribution in [0.3, 0.4) is 0 Å². The van der Waals surface area contributed by atoms with Crippen molar-refractivity contribution in [1.82, 2.24) is 14.5 Å². The van der Waals surface area contributed by atoms with Gasteiger partial charge in [-0.2, -0.15) is 0 Å². The number of hydrogen-bond acceptors (Lipinski definition) is 7. The van der Waals surface area contributed by atoms with E-state index in [2.05, 4.69) is 29.0 Å². The fourth-order valence-corrected chi connectivity index (χ4v) is 4.79. The van der Waals surface area contributed by atoms with Crippen LogP contribution in [0.4, 0.5) is 11.5 Å². The maximum atomic E-state index is 13.6. The van der Waals surface area contributed by atoms with Gasteiger partial charge in [0.25, 0.3) is 5.56 Å². The zero-order chi connectivity index (χ0) is 27.9. The van der Waals surface area contributed by atoms with Gasteiger partial charge in [-0.25, -0.2) is 4.98 Å². The molecule has 2 heterocycles. The van der Waals surface area contributed by atoms with Gasteiger partial charge in [-0.05, 0) is 56.4 Å². The second-order valence-electron chi connectivity index (χ2n) is 8.95. The van der Waals surface area contributed by atoms with Crippen molar-refractivity contribution in [3.8, 4) is 28.4 Å². The van der Waals surface area contributed by atoms with Crippen molar-refractivity contribution in [3.05, 3.63) is 70.1 Å². The molecule has 8 nitrogen and oxygen atoms in total. The molecule has 4 rings (SSSR count). The van der Waals surface area contributed by atoms with Gasteiger partial charge in [-0.1, -0.05) is 25.4 Å². The molecule has 9 heteroatoms. The first kappa shape index (κ1) is 28.3. The van der Waals surface area contributed by atoms with Crippen LogP contribution >= 0.6 is 11.6 Å². The van der Waals surface area contributed by atoms with Gasteiger partial charge in [0, 0.05) is 53.6 Å². The minimum Gasteiger partial charge on any atom is -0.497 e. The van der Waals surface area contributed by atoms with Crippen LogP contribution in [-0.2, 0) is 6.54 Å². The second-order valence-corrected chi connectivity index (χ2v) is 9.33. The number of fused-ring (bicyclic) bond motifs is 1. The minimum absolute atomic E-state index is 0.162. The Balaban J connectivity index is 1.60. The van der Waals surface area contributed by atoms with E-state index in [0.717, 1.165) is 42.0 Å². The van der Waals surface area contributed by atoms with Crippen LogP contribution in [0.1, 0.15) is 20.8 Å². The molecule has 2 aromatic carbocycles. The zero-order valence-electron chi connectivity index (χ0n) is 23.1. The van der Waals surface area contributed by atoms with Gasteiger partial charge in [-0.15, -0.1) is 0 Å². The Morgan fingerprint density at radius 2 is 1.69 bits per heavy atom. The lowest BCUT2D eigenvalue weighted by molar-refractivity contribution is 0.223. The van der Waals surface area contributed by atoms with Crippen LogP contribution in [0.25, 0.3) is 22.0 Å². The predicted molar refractivity (Wildman–Crippen MR) is 158 cm³/mol. The first-order chi connectivity index (χ1) is 18.9. The molecule has 0 spiro atoms. The molecule has 0 amide bonds. The second kappa shape index (κ2) is 12.9. The van der Waals surface area contributed by atoms with Crippen LogP contribution in [0.15, 0.2) is 59.5 Å². The number of aromatic nitrogens is 2. The highest BCUT2D eigenvalue weighted by atomic mass is 35.5. The van der Waals surface area contributed by atoms with Gasteiger partial charge in [0.05, 0.1) is 24.8 Å². The molecular formula is C30H35ClN4O4. The van der Waals surface area contributed by atoms with Crippen LogP contribution in [0.5, 0.6) is 17.2 Å². The maximum absolute atomic E-state index is 13.6. The lowest BCUT2D eigenvalue weighted by atomic mass is 10.0. The number of nitrogens with zero attached hydrogens (tertiary/aromatic N) is 3. The Morgan fingerprint density at radius 1 is 0.949 bits per heavy atom. The van der Waals surface area contributed by atoms with Gasteiger partial charge in [-0.3, -0.25) is 4.79 Å². The van der Waals surface area contributed by atoms with E-state index in [1.54, 1.807) is 30.0 Å². The first-order valence-electron chi connectivity index (χ1n) is 13.1. The third-order valence-corrected chi connectivity index (χ3v) is 7.14. The van der Waals surface area contributed by atoms with Gasteiger partial charge in [0.1, 0.15) is 29.7 Å². The molecule has 206 valence electrons. The number of aryl methyl sites for hydroxylation is 1. The van der Waals surface area contributed by atoms with E-state index in [1.165, 1.54) is 7.11 Å². The van der Waals surface area contributed by atoms with Gasteiger partial charge in [0.2, 0.25) is 0 Å². The lowest BCUT2D eigenvalue weighted by Crippen LogP contribution is -2.27. The smallest absolute Gasteiger partial charge is 0.258 e. The van der Waals surface area contributed by atoms with Crippen LogP contribution in [-0.4, -0.2) is 54.9 Å². The number of benzene rings is 2. The third-order valence-electron chi connectivity index (χ3n) is 6.75. The highest BCUT2D eigenvalue weighted by Crippen LogP contribution is 2.38. The number of pyridine rings is 2. The fourth-order valence-electron chi connectivity index (χ4n) is 4.50. The number of likely N-dealkylation sites (N-methyl/N-ethyl adjacent to an activating group) is 1. The molecule has 0 radical (unpaired) electrons. The summed E-state index contributed by atoms with van der Waals surface area (Å²) in [5.74, 6) is 2.44. The summed E-state index contributed by atoms with van der Waals surface area (Å²) in [5, 5.41) is 4.49. The average Bonchev–Trinajstić information content (AvgIpc) is 2.96. The summed E-state index contributed by atoms with van der Waals surface area (Å²) in [6.45, 7) is 10.3. The van der Waals surface area contributed by atoms with E-state index < -0.39 is 0 Å². The fraction of sp³-hybridized carbons (Fsp3) is 0.333. The van der Waals surface area contributed by atoms with Crippen LogP contribution in [0.2, 0.25) is 5.02 Å². The Hall–Kier alpha value is -3.75. The molecule has 0 aliphatic heterocycles. The van der Waals surface area contributed by atoms with E-state index in [4.69, 9.17) is 25.8 Å².